The van der Waals surface area contributed by atoms with Crippen LogP contribution in [0.3, 0.4) is 0 Å². The molecule has 1 fully saturated rings. The molecule has 0 saturated carbocycles. The van der Waals surface area contributed by atoms with Crippen molar-refractivity contribution in [3.05, 3.63) is 36.4 Å². The second kappa shape index (κ2) is 11.4. The highest BCUT2D eigenvalue weighted by molar-refractivity contribution is 7.22. The van der Waals surface area contributed by atoms with Gasteiger partial charge < -0.3 is 24.8 Å². The Labute approximate surface area is 208 Å². The molecular weight excluding hydrogens is 468 g/mol. The van der Waals surface area contributed by atoms with E-state index < -0.39 is 0 Å². The average molecular weight is 499 g/mol. The largest absolute Gasteiger partial charge is 0.497 e. The van der Waals surface area contributed by atoms with Gasteiger partial charge in [-0.05, 0) is 63.2 Å². The van der Waals surface area contributed by atoms with Crippen LogP contribution in [-0.4, -0.2) is 62.2 Å². The molecule has 1 saturated heterocycles. The molecule has 1 aliphatic heterocycles. The zero-order valence-corrected chi connectivity index (χ0v) is 20.9. The lowest BCUT2D eigenvalue weighted by molar-refractivity contribution is -0.121. The first kappa shape index (κ1) is 24.7. The summed E-state index contributed by atoms with van der Waals surface area (Å²) in [5.41, 5.74) is 1.43. The zero-order valence-electron chi connectivity index (χ0n) is 20.1. The lowest BCUT2D eigenvalue weighted by Crippen LogP contribution is -2.41. The number of thiazole rings is 1. The molecule has 2 N–H and O–H groups in total. The second-order valence-corrected chi connectivity index (χ2v) is 9.27. The fourth-order valence-corrected chi connectivity index (χ4v) is 4.97. The van der Waals surface area contributed by atoms with Gasteiger partial charge in [0.05, 0.1) is 43.3 Å². The van der Waals surface area contributed by atoms with Crippen molar-refractivity contribution in [2.45, 2.75) is 19.8 Å². The molecule has 1 aliphatic rings. The van der Waals surface area contributed by atoms with Gasteiger partial charge >= 0.3 is 0 Å². The number of fused-ring (bicyclic) bond motifs is 1. The van der Waals surface area contributed by atoms with Crippen LogP contribution >= 0.6 is 11.3 Å². The van der Waals surface area contributed by atoms with Crippen molar-refractivity contribution < 1.29 is 23.8 Å². The Bertz CT molecular complexity index is 1190. The summed E-state index contributed by atoms with van der Waals surface area (Å²) in [5.74, 6) is 1.72. The van der Waals surface area contributed by atoms with E-state index in [0.717, 1.165) is 16.0 Å². The van der Waals surface area contributed by atoms with E-state index >= 15 is 0 Å². The van der Waals surface area contributed by atoms with Crippen molar-refractivity contribution in [1.82, 2.24) is 9.88 Å². The van der Waals surface area contributed by atoms with E-state index in [9.17, 15) is 9.59 Å². The van der Waals surface area contributed by atoms with E-state index in [2.05, 4.69) is 20.5 Å². The second-order valence-electron chi connectivity index (χ2n) is 8.24. The number of aromatic nitrogens is 1. The molecular formula is C25H30N4O5S. The van der Waals surface area contributed by atoms with Crippen LogP contribution in [0.1, 0.15) is 19.8 Å². The molecule has 2 aromatic carbocycles. The number of carbonyl (C=O) groups is 2. The minimum Gasteiger partial charge on any atom is -0.497 e. The molecule has 3 aromatic rings. The molecule has 0 spiro atoms. The van der Waals surface area contributed by atoms with Crippen LogP contribution in [0.25, 0.3) is 10.2 Å². The summed E-state index contributed by atoms with van der Waals surface area (Å²) in [5, 5.41) is 6.46. The van der Waals surface area contributed by atoms with Crippen LogP contribution in [-0.2, 0) is 9.59 Å². The molecule has 0 radical (unpaired) electrons. The van der Waals surface area contributed by atoms with Gasteiger partial charge in [-0.2, -0.15) is 0 Å². The van der Waals surface area contributed by atoms with Gasteiger partial charge in [0.15, 0.2) is 5.13 Å². The van der Waals surface area contributed by atoms with E-state index in [-0.39, 0.29) is 24.3 Å². The van der Waals surface area contributed by atoms with Gasteiger partial charge in [0.2, 0.25) is 11.8 Å². The summed E-state index contributed by atoms with van der Waals surface area (Å²) in [7, 11) is 3.13. The number of nitrogens with one attached hydrogen (secondary N) is 2. The van der Waals surface area contributed by atoms with Crippen molar-refractivity contribution in [3.8, 4) is 17.2 Å². The minimum absolute atomic E-state index is 0.0267. The van der Waals surface area contributed by atoms with Gasteiger partial charge in [-0.3, -0.25) is 14.5 Å². The number of piperidine rings is 1. The van der Waals surface area contributed by atoms with Crippen LogP contribution in [0.2, 0.25) is 0 Å². The molecule has 1 aromatic heterocycles. The number of benzene rings is 2. The van der Waals surface area contributed by atoms with E-state index in [1.807, 2.05) is 25.1 Å². The molecule has 35 heavy (non-hydrogen) atoms. The quantitative estimate of drug-likeness (QED) is 0.460. The molecule has 186 valence electrons. The number of anilines is 2. The van der Waals surface area contributed by atoms with Gasteiger partial charge in [-0.25, -0.2) is 4.98 Å². The maximum Gasteiger partial charge on any atom is 0.238 e. The molecule has 10 heteroatoms. The summed E-state index contributed by atoms with van der Waals surface area (Å²) >= 11 is 1.44. The van der Waals surface area contributed by atoms with Crippen LogP contribution < -0.4 is 24.8 Å². The number of likely N-dealkylation sites (tertiary alicyclic amines) is 1. The highest BCUT2D eigenvalue weighted by atomic mass is 32.1. The monoisotopic (exact) mass is 498 g/mol. The van der Waals surface area contributed by atoms with Crippen molar-refractivity contribution in [1.29, 1.82) is 0 Å². The van der Waals surface area contributed by atoms with Gasteiger partial charge in [-0.1, -0.05) is 11.3 Å². The Morgan fingerprint density at radius 3 is 2.54 bits per heavy atom. The first-order chi connectivity index (χ1) is 17.0. The van der Waals surface area contributed by atoms with Gasteiger partial charge in [0, 0.05) is 12.0 Å². The summed E-state index contributed by atoms with van der Waals surface area (Å²) in [4.78, 5) is 32.0. The highest BCUT2D eigenvalue weighted by Gasteiger charge is 2.27. The Kier molecular flexibility index (Phi) is 8.04. The van der Waals surface area contributed by atoms with E-state index in [1.54, 1.807) is 32.4 Å². The van der Waals surface area contributed by atoms with Crippen LogP contribution in [0.15, 0.2) is 36.4 Å². The van der Waals surface area contributed by atoms with Gasteiger partial charge in [-0.15, -0.1) is 0 Å². The van der Waals surface area contributed by atoms with Crippen molar-refractivity contribution in [2.75, 3.05) is 51.1 Å². The molecule has 0 aliphatic carbocycles. The highest BCUT2D eigenvalue weighted by Crippen LogP contribution is 2.31. The summed E-state index contributed by atoms with van der Waals surface area (Å²) in [6, 6.07) is 11.0. The Morgan fingerprint density at radius 1 is 1.06 bits per heavy atom. The third kappa shape index (κ3) is 6.20. The maximum atomic E-state index is 12.8. The molecule has 2 heterocycles. The fourth-order valence-electron chi connectivity index (χ4n) is 4.07. The van der Waals surface area contributed by atoms with Crippen molar-refractivity contribution in [3.63, 3.8) is 0 Å². The molecule has 4 rings (SSSR count). The van der Waals surface area contributed by atoms with Crippen LogP contribution in [0.5, 0.6) is 17.2 Å². The molecule has 0 unspecified atom stereocenters. The zero-order chi connectivity index (χ0) is 24.8. The summed E-state index contributed by atoms with van der Waals surface area (Å²) in [6.07, 6.45) is 1.37. The first-order valence-corrected chi connectivity index (χ1v) is 12.4. The lowest BCUT2D eigenvalue weighted by atomic mass is 9.96. The minimum atomic E-state index is -0.128. The number of amides is 2. The Balaban J connectivity index is 1.26. The van der Waals surface area contributed by atoms with Gasteiger partial charge in [0.25, 0.3) is 0 Å². The van der Waals surface area contributed by atoms with E-state index in [1.165, 1.54) is 11.3 Å². The summed E-state index contributed by atoms with van der Waals surface area (Å²) in [6.45, 7) is 4.14. The number of methoxy groups -OCH3 is 2. The van der Waals surface area contributed by atoms with Gasteiger partial charge in [0.1, 0.15) is 17.2 Å². The fraction of sp³-hybridized carbons (Fsp3) is 0.400. The average Bonchev–Trinajstić information content (AvgIpc) is 3.26. The summed E-state index contributed by atoms with van der Waals surface area (Å²) < 4.78 is 17.0. The number of carbonyl (C=O) groups excluding carboxylic acids is 2. The van der Waals surface area contributed by atoms with E-state index in [0.29, 0.717) is 54.9 Å². The Morgan fingerprint density at radius 2 is 1.83 bits per heavy atom. The first-order valence-electron chi connectivity index (χ1n) is 11.6. The van der Waals surface area contributed by atoms with Crippen LogP contribution in [0, 0.1) is 5.92 Å². The number of hydrogen-bond acceptors (Lipinski definition) is 8. The molecule has 9 nitrogen and oxygen atoms in total. The number of ether oxygens (including phenoxy) is 3. The third-order valence-corrected chi connectivity index (χ3v) is 6.84. The molecule has 0 atom stereocenters. The number of rotatable bonds is 9. The predicted octanol–water partition coefficient (Wildman–Crippen LogP) is 4.00. The third-order valence-electron chi connectivity index (χ3n) is 5.91. The number of nitrogens with zero attached hydrogens (tertiary/aromatic N) is 2. The predicted molar refractivity (Wildman–Crippen MR) is 137 cm³/mol. The van der Waals surface area contributed by atoms with Crippen LogP contribution in [0.4, 0.5) is 10.8 Å². The maximum absolute atomic E-state index is 12.8. The van der Waals surface area contributed by atoms with E-state index in [4.69, 9.17) is 14.2 Å². The number of hydrogen-bond donors (Lipinski definition) is 2. The normalized spacial score (nSPS) is 14.5. The van der Waals surface area contributed by atoms with Crippen molar-refractivity contribution >= 4 is 44.2 Å². The topological polar surface area (TPSA) is 102 Å². The lowest BCUT2D eigenvalue weighted by Gasteiger charge is -2.30. The Hall–Kier alpha value is -3.37. The van der Waals surface area contributed by atoms with Crippen molar-refractivity contribution in [2.24, 2.45) is 5.92 Å². The SMILES string of the molecule is CCOc1ccc2nc(NC(=O)C3CCN(CC(=O)Nc4ccc(OC)cc4OC)CC3)sc2c1. The standard InChI is InChI=1S/C25H30N4O5S/c1-4-34-18-6-8-20-22(14-18)35-25(27-20)28-24(31)16-9-11-29(12-10-16)15-23(30)26-19-7-5-17(32-2)13-21(19)33-3/h5-8,13-14,16H,4,9-12,15H2,1-3H3,(H,26,30)(H,27,28,31). The molecule has 0 bridgehead atoms. The smallest absolute Gasteiger partial charge is 0.238 e. The molecule has 2 amide bonds.